The van der Waals surface area contributed by atoms with E-state index in [1.54, 1.807) is 7.11 Å². The van der Waals surface area contributed by atoms with Crippen molar-refractivity contribution in [2.24, 2.45) is 0 Å². The number of nitrogens with zero attached hydrogens (tertiary/aromatic N) is 1. The number of carbonyl (C=O) groups is 1. The Bertz CT molecular complexity index is 754. The van der Waals surface area contributed by atoms with Gasteiger partial charge in [0.2, 0.25) is 5.91 Å². The average molecular weight is 367 g/mol. The van der Waals surface area contributed by atoms with Crippen LogP contribution in [0.5, 0.6) is 5.75 Å². The molecule has 3 rings (SSSR count). The predicted molar refractivity (Wildman–Crippen MR) is 110 cm³/mol. The first kappa shape index (κ1) is 19.4. The normalized spacial score (nSPS) is 14.9. The van der Waals surface area contributed by atoms with Crippen molar-refractivity contribution in [2.45, 2.75) is 51.1 Å². The molecule has 27 heavy (non-hydrogen) atoms. The molecule has 144 valence electrons. The molecule has 0 heterocycles. The van der Waals surface area contributed by atoms with Crippen LogP contribution in [0, 0.1) is 0 Å². The minimum absolute atomic E-state index is 0.00368. The van der Waals surface area contributed by atoms with Gasteiger partial charge in [0.15, 0.2) is 0 Å². The van der Waals surface area contributed by atoms with Gasteiger partial charge in [-0.25, -0.2) is 0 Å². The molecular weight excluding hydrogens is 336 g/mol. The van der Waals surface area contributed by atoms with Crippen LogP contribution in [0.4, 0.5) is 5.69 Å². The Kier molecular flexibility index (Phi) is 6.88. The predicted octanol–water partition coefficient (Wildman–Crippen LogP) is 4.64. The molecule has 1 N–H and O–H groups in total. The van der Waals surface area contributed by atoms with E-state index in [-0.39, 0.29) is 5.91 Å². The molecule has 0 atom stereocenters. The lowest BCUT2D eigenvalue weighted by molar-refractivity contribution is -0.115. The molecule has 2 aromatic rings. The van der Waals surface area contributed by atoms with E-state index in [0.29, 0.717) is 12.5 Å². The maximum atomic E-state index is 12.6. The number of hydrogen-bond donors (Lipinski definition) is 1. The Hall–Kier alpha value is -2.33. The average Bonchev–Trinajstić information content (AvgIpc) is 2.70. The van der Waals surface area contributed by atoms with Crippen LogP contribution in [0.15, 0.2) is 48.5 Å². The minimum Gasteiger partial charge on any atom is -0.497 e. The standard InChI is InChI=1S/C23H30N2O2/c1-25(20-11-4-3-5-12-20)17-19-10-6-7-14-22(19)24-23(26)16-18-9-8-13-21(15-18)27-2/h6-10,13-15,20H,3-5,11-12,16-17H2,1-2H3,(H,24,26). The summed E-state index contributed by atoms with van der Waals surface area (Å²) in [5.41, 5.74) is 3.03. The quantitative estimate of drug-likeness (QED) is 0.776. The molecule has 4 nitrogen and oxygen atoms in total. The van der Waals surface area contributed by atoms with Crippen LogP contribution in [0.1, 0.15) is 43.2 Å². The molecule has 0 unspecified atom stereocenters. The van der Waals surface area contributed by atoms with E-state index in [4.69, 9.17) is 4.74 Å². The van der Waals surface area contributed by atoms with E-state index in [1.165, 1.54) is 37.7 Å². The summed E-state index contributed by atoms with van der Waals surface area (Å²) in [5, 5.41) is 3.10. The molecule has 0 radical (unpaired) electrons. The van der Waals surface area contributed by atoms with Crippen LogP contribution < -0.4 is 10.1 Å². The molecule has 1 aliphatic carbocycles. The molecule has 1 saturated carbocycles. The van der Waals surface area contributed by atoms with Crippen LogP contribution >= 0.6 is 0 Å². The van der Waals surface area contributed by atoms with Gasteiger partial charge in [-0.3, -0.25) is 9.69 Å². The summed E-state index contributed by atoms with van der Waals surface area (Å²) in [7, 11) is 3.84. The smallest absolute Gasteiger partial charge is 0.228 e. The van der Waals surface area contributed by atoms with E-state index in [9.17, 15) is 4.79 Å². The number of nitrogens with one attached hydrogen (secondary N) is 1. The third-order valence-electron chi connectivity index (χ3n) is 5.41. The molecule has 1 aliphatic rings. The fourth-order valence-corrected chi connectivity index (χ4v) is 3.86. The third-order valence-corrected chi connectivity index (χ3v) is 5.41. The first-order valence-corrected chi connectivity index (χ1v) is 9.86. The summed E-state index contributed by atoms with van der Waals surface area (Å²) >= 11 is 0. The zero-order chi connectivity index (χ0) is 19.1. The Labute approximate surface area is 162 Å². The summed E-state index contributed by atoms with van der Waals surface area (Å²) in [5.74, 6) is 0.769. The molecule has 0 saturated heterocycles. The van der Waals surface area contributed by atoms with Gasteiger partial charge in [-0.05, 0) is 49.2 Å². The van der Waals surface area contributed by atoms with Gasteiger partial charge in [-0.1, -0.05) is 49.6 Å². The molecule has 4 heteroatoms. The number of benzene rings is 2. The number of hydrogen-bond acceptors (Lipinski definition) is 3. The van der Waals surface area contributed by atoms with Gasteiger partial charge < -0.3 is 10.1 Å². The number of rotatable bonds is 7. The molecule has 2 aromatic carbocycles. The van der Waals surface area contributed by atoms with Crippen molar-refractivity contribution in [2.75, 3.05) is 19.5 Å². The van der Waals surface area contributed by atoms with Gasteiger partial charge in [-0.2, -0.15) is 0 Å². The fraction of sp³-hybridized carbons (Fsp3) is 0.435. The first-order valence-electron chi connectivity index (χ1n) is 9.86. The summed E-state index contributed by atoms with van der Waals surface area (Å²) in [4.78, 5) is 15.0. The van der Waals surface area contributed by atoms with Crippen molar-refractivity contribution in [1.82, 2.24) is 4.90 Å². The van der Waals surface area contributed by atoms with E-state index in [1.807, 2.05) is 42.5 Å². The van der Waals surface area contributed by atoms with Gasteiger partial charge >= 0.3 is 0 Å². The van der Waals surface area contributed by atoms with Crippen LogP contribution in [0.25, 0.3) is 0 Å². The van der Waals surface area contributed by atoms with E-state index in [2.05, 4.69) is 23.3 Å². The lowest BCUT2D eigenvalue weighted by atomic mass is 9.94. The van der Waals surface area contributed by atoms with Crippen LogP contribution in [0.2, 0.25) is 0 Å². The maximum Gasteiger partial charge on any atom is 0.228 e. The molecule has 0 spiro atoms. The monoisotopic (exact) mass is 366 g/mol. The van der Waals surface area contributed by atoms with Crippen molar-refractivity contribution in [3.05, 3.63) is 59.7 Å². The third kappa shape index (κ3) is 5.57. The molecule has 0 aromatic heterocycles. The topological polar surface area (TPSA) is 41.6 Å². The largest absolute Gasteiger partial charge is 0.497 e. The molecule has 1 amide bonds. The second-order valence-electron chi connectivity index (χ2n) is 7.44. The highest BCUT2D eigenvalue weighted by Crippen LogP contribution is 2.25. The second-order valence-corrected chi connectivity index (χ2v) is 7.44. The number of amides is 1. The molecule has 0 aliphatic heterocycles. The van der Waals surface area contributed by atoms with Gasteiger partial charge in [0.1, 0.15) is 5.75 Å². The number of para-hydroxylation sites is 1. The van der Waals surface area contributed by atoms with Crippen LogP contribution in [0.3, 0.4) is 0 Å². The van der Waals surface area contributed by atoms with Crippen LogP contribution in [-0.4, -0.2) is 31.0 Å². The highest BCUT2D eigenvalue weighted by Gasteiger charge is 2.19. The lowest BCUT2D eigenvalue weighted by Gasteiger charge is -2.31. The Morgan fingerprint density at radius 3 is 2.67 bits per heavy atom. The highest BCUT2D eigenvalue weighted by molar-refractivity contribution is 5.93. The number of carbonyl (C=O) groups excluding carboxylic acids is 1. The lowest BCUT2D eigenvalue weighted by Crippen LogP contribution is -2.33. The van der Waals surface area contributed by atoms with Crippen molar-refractivity contribution in [3.8, 4) is 5.75 Å². The minimum atomic E-state index is -0.00368. The zero-order valence-corrected chi connectivity index (χ0v) is 16.4. The Morgan fingerprint density at radius 2 is 1.89 bits per heavy atom. The fourth-order valence-electron chi connectivity index (χ4n) is 3.86. The highest BCUT2D eigenvalue weighted by atomic mass is 16.5. The van der Waals surface area contributed by atoms with Gasteiger partial charge in [0.05, 0.1) is 13.5 Å². The van der Waals surface area contributed by atoms with Crippen molar-refractivity contribution in [3.63, 3.8) is 0 Å². The van der Waals surface area contributed by atoms with Crippen molar-refractivity contribution >= 4 is 11.6 Å². The molecule has 0 bridgehead atoms. The van der Waals surface area contributed by atoms with Gasteiger partial charge in [-0.15, -0.1) is 0 Å². The summed E-state index contributed by atoms with van der Waals surface area (Å²) in [6.07, 6.45) is 6.91. The van der Waals surface area contributed by atoms with E-state index < -0.39 is 0 Å². The number of anilines is 1. The summed E-state index contributed by atoms with van der Waals surface area (Å²) in [6, 6.07) is 16.4. The van der Waals surface area contributed by atoms with Crippen molar-refractivity contribution < 1.29 is 9.53 Å². The Balaban J connectivity index is 1.63. The summed E-state index contributed by atoms with van der Waals surface area (Å²) < 4.78 is 5.24. The molecular formula is C23H30N2O2. The van der Waals surface area contributed by atoms with Crippen molar-refractivity contribution in [1.29, 1.82) is 0 Å². The SMILES string of the molecule is COc1cccc(CC(=O)Nc2ccccc2CN(C)C2CCCCC2)c1. The maximum absolute atomic E-state index is 12.6. The number of methoxy groups -OCH3 is 1. The van der Waals surface area contributed by atoms with Gasteiger partial charge in [0, 0.05) is 18.3 Å². The Morgan fingerprint density at radius 1 is 1.11 bits per heavy atom. The summed E-state index contributed by atoms with van der Waals surface area (Å²) in [6.45, 7) is 0.861. The molecule has 1 fully saturated rings. The van der Waals surface area contributed by atoms with Gasteiger partial charge in [0.25, 0.3) is 0 Å². The van der Waals surface area contributed by atoms with Crippen LogP contribution in [-0.2, 0) is 17.8 Å². The second kappa shape index (κ2) is 9.56. The number of ether oxygens (including phenoxy) is 1. The van der Waals surface area contributed by atoms with E-state index >= 15 is 0 Å². The first-order chi connectivity index (χ1) is 13.2. The zero-order valence-electron chi connectivity index (χ0n) is 16.4. The van der Waals surface area contributed by atoms with E-state index in [0.717, 1.165) is 23.5 Å².